The maximum absolute atomic E-state index is 5.54. The largest absolute Gasteiger partial charge is 0.476 e. The summed E-state index contributed by atoms with van der Waals surface area (Å²) in [5.74, 6) is 0.715. The van der Waals surface area contributed by atoms with Crippen LogP contribution in [0.1, 0.15) is 0 Å². The number of hydrogen-bond acceptors (Lipinski definition) is 4. The van der Waals surface area contributed by atoms with Crippen molar-refractivity contribution in [1.29, 1.82) is 0 Å². The first kappa shape index (κ1) is 10.4. The highest BCUT2D eigenvalue weighted by Crippen LogP contribution is 2.03. The SMILES string of the molecule is c1ccc(OCCN2CCNCC2)nc1. The Morgan fingerprint density at radius 3 is 2.93 bits per heavy atom. The van der Waals surface area contributed by atoms with Crippen LogP contribution in [0.4, 0.5) is 0 Å². The van der Waals surface area contributed by atoms with E-state index in [1.165, 1.54) is 0 Å². The number of aromatic nitrogens is 1. The second kappa shape index (κ2) is 5.68. The Balaban J connectivity index is 1.66. The van der Waals surface area contributed by atoms with E-state index in [9.17, 15) is 0 Å². The van der Waals surface area contributed by atoms with E-state index in [-0.39, 0.29) is 0 Å². The van der Waals surface area contributed by atoms with Crippen LogP contribution >= 0.6 is 0 Å². The summed E-state index contributed by atoms with van der Waals surface area (Å²) >= 11 is 0. The molecule has 2 rings (SSSR count). The van der Waals surface area contributed by atoms with Gasteiger partial charge in [-0.25, -0.2) is 4.98 Å². The molecule has 0 atom stereocenters. The fraction of sp³-hybridized carbons (Fsp3) is 0.545. The average molecular weight is 207 g/mol. The van der Waals surface area contributed by atoms with Crippen LogP contribution in [0.3, 0.4) is 0 Å². The molecule has 4 nitrogen and oxygen atoms in total. The number of pyridine rings is 1. The molecule has 0 bridgehead atoms. The molecule has 0 spiro atoms. The van der Waals surface area contributed by atoms with Gasteiger partial charge in [-0.1, -0.05) is 6.07 Å². The van der Waals surface area contributed by atoms with Crippen molar-refractivity contribution in [3.63, 3.8) is 0 Å². The van der Waals surface area contributed by atoms with Crippen LogP contribution in [0.5, 0.6) is 5.88 Å². The van der Waals surface area contributed by atoms with Gasteiger partial charge in [0.2, 0.25) is 5.88 Å². The van der Waals surface area contributed by atoms with Crippen molar-refractivity contribution in [3.05, 3.63) is 24.4 Å². The molecule has 0 amide bonds. The molecule has 4 heteroatoms. The zero-order valence-electron chi connectivity index (χ0n) is 8.85. The van der Waals surface area contributed by atoms with Gasteiger partial charge in [0, 0.05) is 45.0 Å². The Hall–Kier alpha value is -1.13. The van der Waals surface area contributed by atoms with E-state index in [1.807, 2.05) is 18.2 Å². The van der Waals surface area contributed by atoms with Gasteiger partial charge < -0.3 is 10.1 Å². The van der Waals surface area contributed by atoms with E-state index in [2.05, 4.69) is 15.2 Å². The Bertz CT molecular complexity index is 272. The number of piperazine rings is 1. The molecule has 0 saturated carbocycles. The van der Waals surface area contributed by atoms with Crippen molar-refractivity contribution in [1.82, 2.24) is 15.2 Å². The average Bonchev–Trinajstić information content (AvgIpc) is 2.32. The lowest BCUT2D eigenvalue weighted by Crippen LogP contribution is -2.44. The van der Waals surface area contributed by atoms with Gasteiger partial charge in [0.05, 0.1) is 0 Å². The normalized spacial score (nSPS) is 17.6. The first-order valence-electron chi connectivity index (χ1n) is 5.42. The van der Waals surface area contributed by atoms with Crippen molar-refractivity contribution in [2.45, 2.75) is 0 Å². The van der Waals surface area contributed by atoms with Crippen LogP contribution in [0, 0.1) is 0 Å². The van der Waals surface area contributed by atoms with Gasteiger partial charge in [-0.3, -0.25) is 4.90 Å². The summed E-state index contributed by atoms with van der Waals surface area (Å²) in [5, 5.41) is 3.33. The van der Waals surface area contributed by atoms with Gasteiger partial charge in [-0.15, -0.1) is 0 Å². The summed E-state index contributed by atoms with van der Waals surface area (Å²) < 4.78 is 5.54. The van der Waals surface area contributed by atoms with Gasteiger partial charge in [0.15, 0.2) is 0 Å². The molecule has 82 valence electrons. The number of hydrogen-bond donors (Lipinski definition) is 1. The maximum Gasteiger partial charge on any atom is 0.213 e. The minimum absolute atomic E-state index is 0.715. The highest BCUT2D eigenvalue weighted by Gasteiger charge is 2.08. The fourth-order valence-electron chi connectivity index (χ4n) is 1.65. The van der Waals surface area contributed by atoms with Crippen molar-refractivity contribution < 1.29 is 4.74 Å². The van der Waals surface area contributed by atoms with Crippen molar-refractivity contribution in [2.75, 3.05) is 39.3 Å². The van der Waals surface area contributed by atoms with Gasteiger partial charge in [0.25, 0.3) is 0 Å². The molecule has 0 aliphatic carbocycles. The fourth-order valence-corrected chi connectivity index (χ4v) is 1.65. The van der Waals surface area contributed by atoms with Gasteiger partial charge >= 0.3 is 0 Å². The number of nitrogens with one attached hydrogen (secondary N) is 1. The Kier molecular flexibility index (Phi) is 3.93. The number of ether oxygens (including phenoxy) is 1. The van der Waals surface area contributed by atoms with Crippen LogP contribution in [0.2, 0.25) is 0 Å². The molecule has 1 aliphatic rings. The predicted molar refractivity (Wildman–Crippen MR) is 59.0 cm³/mol. The molecule has 1 aromatic heterocycles. The Morgan fingerprint density at radius 2 is 2.20 bits per heavy atom. The highest BCUT2D eigenvalue weighted by molar-refractivity contribution is 5.08. The molecule has 0 unspecified atom stereocenters. The van der Waals surface area contributed by atoms with Crippen LogP contribution in [-0.4, -0.2) is 49.2 Å². The van der Waals surface area contributed by atoms with Crippen molar-refractivity contribution in [2.24, 2.45) is 0 Å². The lowest BCUT2D eigenvalue weighted by Gasteiger charge is -2.26. The molecule has 1 aromatic rings. The van der Waals surface area contributed by atoms with Gasteiger partial charge in [-0.2, -0.15) is 0 Å². The summed E-state index contributed by atoms with van der Waals surface area (Å²) in [6.07, 6.45) is 1.75. The standard InChI is InChI=1S/C11H17N3O/c1-2-4-13-11(3-1)15-10-9-14-7-5-12-6-8-14/h1-4,12H,5-10H2. The third-order valence-electron chi connectivity index (χ3n) is 2.50. The lowest BCUT2D eigenvalue weighted by molar-refractivity contribution is 0.188. The van der Waals surface area contributed by atoms with Crippen LogP contribution in [0.15, 0.2) is 24.4 Å². The summed E-state index contributed by atoms with van der Waals surface area (Å²) in [6.45, 7) is 6.11. The van der Waals surface area contributed by atoms with E-state index in [1.54, 1.807) is 6.20 Å². The third kappa shape index (κ3) is 3.49. The molecule has 1 N–H and O–H groups in total. The lowest BCUT2D eigenvalue weighted by atomic mass is 10.4. The van der Waals surface area contributed by atoms with E-state index in [0.717, 1.165) is 39.3 Å². The maximum atomic E-state index is 5.54. The molecule has 1 fully saturated rings. The van der Waals surface area contributed by atoms with Gasteiger partial charge in [-0.05, 0) is 6.07 Å². The van der Waals surface area contributed by atoms with Crippen molar-refractivity contribution >= 4 is 0 Å². The van der Waals surface area contributed by atoms with Crippen LogP contribution in [0.25, 0.3) is 0 Å². The number of nitrogens with zero attached hydrogens (tertiary/aromatic N) is 2. The molecule has 2 heterocycles. The molecule has 0 radical (unpaired) electrons. The highest BCUT2D eigenvalue weighted by atomic mass is 16.5. The summed E-state index contributed by atoms with van der Waals surface area (Å²) in [7, 11) is 0. The summed E-state index contributed by atoms with van der Waals surface area (Å²) in [5.41, 5.74) is 0. The van der Waals surface area contributed by atoms with Gasteiger partial charge in [0.1, 0.15) is 6.61 Å². The Morgan fingerprint density at radius 1 is 1.33 bits per heavy atom. The minimum atomic E-state index is 0.715. The third-order valence-corrected chi connectivity index (χ3v) is 2.50. The molecule has 0 aromatic carbocycles. The molecule has 15 heavy (non-hydrogen) atoms. The first-order valence-corrected chi connectivity index (χ1v) is 5.42. The molecule has 1 aliphatic heterocycles. The minimum Gasteiger partial charge on any atom is -0.476 e. The zero-order valence-corrected chi connectivity index (χ0v) is 8.85. The quantitative estimate of drug-likeness (QED) is 0.774. The topological polar surface area (TPSA) is 37.4 Å². The smallest absolute Gasteiger partial charge is 0.213 e. The monoisotopic (exact) mass is 207 g/mol. The second-order valence-corrected chi connectivity index (χ2v) is 3.61. The van der Waals surface area contributed by atoms with E-state index in [4.69, 9.17) is 4.74 Å². The molecular formula is C11H17N3O. The Labute approximate surface area is 90.3 Å². The van der Waals surface area contributed by atoms with E-state index in [0.29, 0.717) is 5.88 Å². The molecule has 1 saturated heterocycles. The molecular weight excluding hydrogens is 190 g/mol. The summed E-state index contributed by atoms with van der Waals surface area (Å²) in [4.78, 5) is 6.51. The number of rotatable bonds is 4. The van der Waals surface area contributed by atoms with Crippen LogP contribution < -0.4 is 10.1 Å². The second-order valence-electron chi connectivity index (χ2n) is 3.61. The predicted octanol–water partition coefficient (Wildman–Crippen LogP) is 0.366. The summed E-state index contributed by atoms with van der Waals surface area (Å²) in [6, 6.07) is 5.72. The van der Waals surface area contributed by atoms with E-state index >= 15 is 0 Å². The first-order chi connectivity index (χ1) is 7.45. The zero-order chi connectivity index (χ0) is 10.3. The van der Waals surface area contributed by atoms with Crippen molar-refractivity contribution in [3.8, 4) is 5.88 Å². The van der Waals surface area contributed by atoms with E-state index < -0.39 is 0 Å². The van der Waals surface area contributed by atoms with Crippen LogP contribution in [-0.2, 0) is 0 Å².